The van der Waals surface area contributed by atoms with Gasteiger partial charge in [0.05, 0.1) is 17.9 Å². The number of hydrogen-bond acceptors (Lipinski definition) is 3. The van der Waals surface area contributed by atoms with Crippen LogP contribution in [-0.4, -0.2) is 17.5 Å². The van der Waals surface area contributed by atoms with Gasteiger partial charge < -0.3 is 4.74 Å². The van der Waals surface area contributed by atoms with Crippen molar-refractivity contribution >= 4 is 34.8 Å². The van der Waals surface area contributed by atoms with E-state index in [1.54, 1.807) is 17.3 Å². The minimum atomic E-state index is -0.353. The van der Waals surface area contributed by atoms with Gasteiger partial charge in [-0.3, -0.25) is 14.7 Å². The van der Waals surface area contributed by atoms with Crippen LogP contribution in [0.3, 0.4) is 0 Å². The van der Waals surface area contributed by atoms with Crippen molar-refractivity contribution in [2.75, 3.05) is 11.5 Å². The molecule has 5 rings (SSSR count). The minimum absolute atomic E-state index is 0.00766. The first-order chi connectivity index (χ1) is 16.9. The van der Waals surface area contributed by atoms with Crippen LogP contribution in [0.5, 0.6) is 0 Å². The molecule has 1 fully saturated rings. The van der Waals surface area contributed by atoms with Gasteiger partial charge in [-0.05, 0) is 61.4 Å². The summed E-state index contributed by atoms with van der Waals surface area (Å²) in [6.45, 7) is 4.19. The van der Waals surface area contributed by atoms with Crippen LogP contribution in [0.15, 0.2) is 97.3 Å². The third-order valence-corrected chi connectivity index (χ3v) is 6.28. The number of rotatable bonds is 3. The van der Waals surface area contributed by atoms with Gasteiger partial charge in [0.1, 0.15) is 12.7 Å². The van der Waals surface area contributed by atoms with Crippen LogP contribution >= 0.6 is 23.2 Å². The molecule has 0 aliphatic carbocycles. The van der Waals surface area contributed by atoms with E-state index in [0.717, 1.165) is 16.8 Å². The Bertz CT molecular complexity index is 1220. The molecule has 4 aromatic rings. The maximum atomic E-state index is 12.8. The molecule has 178 valence electrons. The molecule has 1 aliphatic rings. The summed E-state index contributed by atoms with van der Waals surface area (Å²) in [6, 6.07) is 26.8. The lowest BCUT2D eigenvalue weighted by Crippen LogP contribution is -2.46. The molecular weight excluding hydrogens is 479 g/mol. The van der Waals surface area contributed by atoms with Crippen molar-refractivity contribution in [1.29, 1.82) is 0 Å². The number of carbonyl (C=O) groups is 1. The molecule has 1 aromatic heterocycles. The Morgan fingerprint density at radius 3 is 1.86 bits per heavy atom. The summed E-state index contributed by atoms with van der Waals surface area (Å²) in [5.74, 6) is -0.117. The smallest absolute Gasteiger partial charge is 0.253 e. The Labute approximate surface area is 216 Å². The van der Waals surface area contributed by atoms with Crippen LogP contribution in [0, 0.1) is 13.8 Å². The molecule has 4 nitrogen and oxygen atoms in total. The summed E-state index contributed by atoms with van der Waals surface area (Å²) in [6.07, 6.45) is 3.02. The van der Waals surface area contributed by atoms with Gasteiger partial charge in [0.15, 0.2) is 0 Å². The summed E-state index contributed by atoms with van der Waals surface area (Å²) in [4.78, 5) is 18.7. The topological polar surface area (TPSA) is 42.4 Å². The molecule has 2 heterocycles. The molecule has 0 radical (unpaired) electrons. The van der Waals surface area contributed by atoms with E-state index in [4.69, 9.17) is 27.9 Å². The molecule has 0 N–H and O–H groups in total. The molecule has 6 heteroatoms. The molecule has 2 unspecified atom stereocenters. The van der Waals surface area contributed by atoms with Gasteiger partial charge >= 0.3 is 0 Å². The first-order valence-electron chi connectivity index (χ1n) is 11.3. The molecule has 0 saturated carbocycles. The Hall–Kier alpha value is -3.18. The molecule has 1 aliphatic heterocycles. The summed E-state index contributed by atoms with van der Waals surface area (Å²) in [5.41, 5.74) is 5.26. The van der Waals surface area contributed by atoms with Gasteiger partial charge in [0.2, 0.25) is 0 Å². The lowest BCUT2D eigenvalue weighted by molar-refractivity contribution is -0.132. The Balaban J connectivity index is 0.000000308. The van der Waals surface area contributed by atoms with Crippen molar-refractivity contribution in [1.82, 2.24) is 4.98 Å². The number of carbonyl (C=O) groups excluding carboxylic acids is 1. The normalized spacial score (nSPS) is 17.5. The summed E-state index contributed by atoms with van der Waals surface area (Å²) in [5, 5.41) is 1.29. The second-order valence-electron chi connectivity index (χ2n) is 8.41. The largest absolute Gasteiger partial charge is 0.361 e. The first-order valence-corrected chi connectivity index (χ1v) is 12.1. The van der Waals surface area contributed by atoms with Crippen LogP contribution in [0.25, 0.3) is 0 Å². The summed E-state index contributed by atoms with van der Waals surface area (Å²) in [7, 11) is 0. The third kappa shape index (κ3) is 6.29. The summed E-state index contributed by atoms with van der Waals surface area (Å²) < 4.78 is 5.98. The average Bonchev–Trinajstić information content (AvgIpc) is 2.88. The fourth-order valence-electron chi connectivity index (χ4n) is 3.96. The van der Waals surface area contributed by atoms with Crippen LogP contribution in [0.4, 0.5) is 5.69 Å². The van der Waals surface area contributed by atoms with Crippen LogP contribution in [0.1, 0.15) is 34.4 Å². The van der Waals surface area contributed by atoms with Crippen molar-refractivity contribution in [2.45, 2.75) is 26.0 Å². The number of aryl methyl sites for hydroxylation is 2. The van der Waals surface area contributed by atoms with Crippen molar-refractivity contribution in [3.63, 3.8) is 0 Å². The predicted molar refractivity (Wildman–Crippen MR) is 142 cm³/mol. The number of aromatic nitrogens is 1. The summed E-state index contributed by atoms with van der Waals surface area (Å²) >= 11 is 12.1. The van der Waals surface area contributed by atoms with Gasteiger partial charge in [-0.25, -0.2) is 0 Å². The van der Waals surface area contributed by atoms with Crippen LogP contribution < -0.4 is 4.90 Å². The zero-order valence-corrected chi connectivity index (χ0v) is 21.1. The van der Waals surface area contributed by atoms with E-state index in [9.17, 15) is 4.79 Å². The monoisotopic (exact) mass is 504 g/mol. The maximum absolute atomic E-state index is 12.8. The predicted octanol–water partition coefficient (Wildman–Crippen LogP) is 7.54. The Morgan fingerprint density at radius 2 is 1.34 bits per heavy atom. The second kappa shape index (κ2) is 11.5. The number of nitrogens with zero attached hydrogens (tertiary/aromatic N) is 2. The molecule has 2 atom stereocenters. The maximum Gasteiger partial charge on any atom is 0.253 e. The number of ether oxygens (including phenoxy) is 1. The quantitative estimate of drug-likeness (QED) is 0.289. The van der Waals surface area contributed by atoms with E-state index in [0.29, 0.717) is 10.0 Å². The molecule has 1 amide bonds. The van der Waals surface area contributed by atoms with Gasteiger partial charge in [-0.1, -0.05) is 82.9 Å². The van der Waals surface area contributed by atoms with Gasteiger partial charge in [0.25, 0.3) is 5.91 Å². The molecule has 0 spiro atoms. The highest BCUT2D eigenvalue weighted by molar-refractivity contribution is 6.30. The Kier molecular flexibility index (Phi) is 8.19. The molecule has 1 saturated heterocycles. The Morgan fingerprint density at radius 1 is 0.800 bits per heavy atom. The number of pyridine rings is 1. The fraction of sp³-hybridized carbons (Fsp3) is 0.172. The molecule has 3 aromatic carbocycles. The van der Waals surface area contributed by atoms with E-state index < -0.39 is 0 Å². The van der Waals surface area contributed by atoms with Crippen molar-refractivity contribution in [3.8, 4) is 0 Å². The highest BCUT2D eigenvalue weighted by Gasteiger charge is 2.39. The number of morpholine rings is 1. The molecule has 0 bridgehead atoms. The van der Waals surface area contributed by atoms with E-state index >= 15 is 0 Å². The SMILES string of the molecule is Cc1ccc(C)cc1.O=C1COC(c2ccc(Cl)cc2)C(c2ccc(Cl)cc2)N1c1cccnc1. The van der Waals surface area contributed by atoms with E-state index in [1.165, 1.54) is 11.1 Å². The van der Waals surface area contributed by atoms with E-state index in [2.05, 4.69) is 43.1 Å². The highest BCUT2D eigenvalue weighted by Crippen LogP contribution is 2.42. The molecular formula is C29H26Cl2N2O2. The lowest BCUT2D eigenvalue weighted by atomic mass is 9.92. The third-order valence-electron chi connectivity index (χ3n) is 5.77. The number of hydrogen-bond donors (Lipinski definition) is 0. The van der Waals surface area contributed by atoms with Crippen molar-refractivity contribution in [2.24, 2.45) is 0 Å². The van der Waals surface area contributed by atoms with E-state index in [-0.39, 0.29) is 24.7 Å². The highest BCUT2D eigenvalue weighted by atomic mass is 35.5. The van der Waals surface area contributed by atoms with Crippen LogP contribution in [0.2, 0.25) is 10.0 Å². The fourth-order valence-corrected chi connectivity index (χ4v) is 4.22. The number of benzene rings is 3. The van der Waals surface area contributed by atoms with E-state index in [1.807, 2.05) is 60.7 Å². The lowest BCUT2D eigenvalue weighted by Gasteiger charge is -2.41. The second-order valence-corrected chi connectivity index (χ2v) is 9.28. The van der Waals surface area contributed by atoms with Gasteiger partial charge in [-0.2, -0.15) is 0 Å². The standard InChI is InChI=1S/C21H16Cl2N2O2.C8H10/c22-16-7-3-14(4-8-16)20-21(15-5-9-17(23)10-6-15)27-13-19(26)25(20)18-2-1-11-24-12-18;1-7-3-5-8(2)6-4-7/h1-12,20-21H,13H2;3-6H,1-2H3. The first kappa shape index (κ1) is 24.9. The van der Waals surface area contributed by atoms with Crippen molar-refractivity contribution < 1.29 is 9.53 Å². The number of amides is 1. The average molecular weight is 505 g/mol. The molecule has 35 heavy (non-hydrogen) atoms. The minimum Gasteiger partial charge on any atom is -0.361 e. The zero-order valence-electron chi connectivity index (χ0n) is 19.6. The zero-order chi connectivity index (χ0) is 24.8. The van der Waals surface area contributed by atoms with Gasteiger partial charge in [0, 0.05) is 16.2 Å². The van der Waals surface area contributed by atoms with Crippen LogP contribution in [-0.2, 0) is 9.53 Å². The van der Waals surface area contributed by atoms with Crippen molar-refractivity contribution in [3.05, 3.63) is 130 Å². The number of anilines is 1. The van der Waals surface area contributed by atoms with Gasteiger partial charge in [-0.15, -0.1) is 0 Å². The number of halogens is 2.